The second kappa shape index (κ2) is 13.6. The smallest absolute Gasteiger partial charge is 0.303 e. The van der Waals surface area contributed by atoms with E-state index < -0.39 is 5.97 Å². The summed E-state index contributed by atoms with van der Waals surface area (Å²) in [5.74, 6) is -0.711. The average Bonchev–Trinajstić information content (AvgIpc) is 2.48. The summed E-state index contributed by atoms with van der Waals surface area (Å²) >= 11 is 0. The number of ether oxygens (including phenoxy) is 1. The molecule has 0 atom stereocenters. The summed E-state index contributed by atoms with van der Waals surface area (Å²) in [5, 5.41) is 17.7. The molecule has 0 unspecified atom stereocenters. The van der Waals surface area contributed by atoms with Crippen LogP contribution in [-0.4, -0.2) is 36.0 Å². The molecular weight excluding hydrogens is 316 g/mol. The fourth-order valence-electron chi connectivity index (χ4n) is 3.23. The third-order valence-electron chi connectivity index (χ3n) is 4.93. The molecule has 0 saturated carbocycles. The number of carboxylic acid groups (broad SMARTS) is 1. The summed E-state index contributed by atoms with van der Waals surface area (Å²) in [7, 11) is 0. The van der Waals surface area contributed by atoms with Crippen molar-refractivity contribution in [1.29, 1.82) is 0 Å². The van der Waals surface area contributed by atoms with Gasteiger partial charge in [0.15, 0.2) is 0 Å². The molecule has 0 amide bonds. The Kier molecular flexibility index (Phi) is 13.2. The topological polar surface area (TPSA) is 66.8 Å². The molecule has 25 heavy (non-hydrogen) atoms. The van der Waals surface area contributed by atoms with Crippen LogP contribution in [-0.2, 0) is 9.53 Å². The number of unbranched alkanes of at least 4 members (excludes halogenated alkanes) is 4. The Bertz CT molecular complexity index is 337. The Hall–Kier alpha value is -0.610. The van der Waals surface area contributed by atoms with E-state index in [4.69, 9.17) is 14.9 Å². The standard InChI is InChI=1S/C21H42O4/c1-20(2,12-6-5-9-15-22)13-7-10-16-25-17-11-8-14-21(3,4)18-19(23)24/h22H,5-18H2,1-4H3,(H,23,24). The highest BCUT2D eigenvalue weighted by atomic mass is 16.5. The van der Waals surface area contributed by atoms with E-state index in [0.717, 1.165) is 51.7 Å². The lowest BCUT2D eigenvalue weighted by Gasteiger charge is -2.24. The minimum atomic E-state index is -0.711. The van der Waals surface area contributed by atoms with E-state index in [1.807, 2.05) is 13.8 Å². The average molecular weight is 359 g/mol. The van der Waals surface area contributed by atoms with Gasteiger partial charge in [0.2, 0.25) is 0 Å². The molecule has 0 aromatic heterocycles. The summed E-state index contributed by atoms with van der Waals surface area (Å²) in [6.07, 6.45) is 11.3. The second-order valence-corrected chi connectivity index (χ2v) is 8.96. The SMILES string of the molecule is CC(C)(CCCCCO)CCCCOCCCCC(C)(C)CC(=O)O. The number of rotatable bonds is 17. The van der Waals surface area contributed by atoms with Crippen molar-refractivity contribution in [3.63, 3.8) is 0 Å². The molecule has 0 aliphatic heterocycles. The zero-order chi connectivity index (χ0) is 19.2. The van der Waals surface area contributed by atoms with Crippen molar-refractivity contribution in [2.75, 3.05) is 19.8 Å². The normalized spacial score (nSPS) is 12.5. The van der Waals surface area contributed by atoms with E-state index >= 15 is 0 Å². The quantitative estimate of drug-likeness (QED) is 0.341. The third kappa shape index (κ3) is 16.6. The van der Waals surface area contributed by atoms with E-state index in [9.17, 15) is 4.79 Å². The van der Waals surface area contributed by atoms with E-state index in [2.05, 4.69) is 13.8 Å². The molecule has 4 heteroatoms. The molecule has 0 spiro atoms. The van der Waals surface area contributed by atoms with Gasteiger partial charge >= 0.3 is 5.97 Å². The number of aliphatic hydroxyl groups is 1. The van der Waals surface area contributed by atoms with Crippen LogP contribution in [0, 0.1) is 10.8 Å². The number of hydrogen-bond donors (Lipinski definition) is 2. The van der Waals surface area contributed by atoms with Crippen molar-refractivity contribution in [2.45, 2.75) is 98.3 Å². The number of carbonyl (C=O) groups is 1. The first kappa shape index (κ1) is 24.4. The summed E-state index contributed by atoms with van der Waals surface area (Å²) in [4.78, 5) is 10.8. The van der Waals surface area contributed by atoms with Gasteiger partial charge in [-0.05, 0) is 49.4 Å². The predicted octanol–water partition coefficient (Wildman–Crippen LogP) is 5.42. The van der Waals surface area contributed by atoms with Gasteiger partial charge in [-0.3, -0.25) is 4.79 Å². The Morgan fingerprint density at radius 1 is 0.760 bits per heavy atom. The molecule has 0 bridgehead atoms. The molecule has 0 aliphatic rings. The van der Waals surface area contributed by atoms with E-state index in [0.29, 0.717) is 12.0 Å². The van der Waals surface area contributed by atoms with Gasteiger partial charge in [-0.2, -0.15) is 0 Å². The summed E-state index contributed by atoms with van der Waals surface area (Å²) in [6, 6.07) is 0. The van der Waals surface area contributed by atoms with Crippen LogP contribution in [0.4, 0.5) is 0 Å². The van der Waals surface area contributed by atoms with Gasteiger partial charge in [0.05, 0.1) is 6.42 Å². The van der Waals surface area contributed by atoms with Crippen LogP contribution in [0.15, 0.2) is 0 Å². The first-order valence-corrected chi connectivity index (χ1v) is 10.1. The molecule has 2 N–H and O–H groups in total. The van der Waals surface area contributed by atoms with E-state index in [1.165, 1.54) is 25.7 Å². The van der Waals surface area contributed by atoms with Crippen molar-refractivity contribution in [1.82, 2.24) is 0 Å². The Balaban J connectivity index is 3.50. The van der Waals surface area contributed by atoms with E-state index in [-0.39, 0.29) is 11.8 Å². The molecule has 4 nitrogen and oxygen atoms in total. The van der Waals surface area contributed by atoms with Crippen molar-refractivity contribution in [3.8, 4) is 0 Å². The van der Waals surface area contributed by atoms with Crippen LogP contribution < -0.4 is 0 Å². The van der Waals surface area contributed by atoms with E-state index in [1.54, 1.807) is 0 Å². The van der Waals surface area contributed by atoms with Crippen LogP contribution in [0.25, 0.3) is 0 Å². The monoisotopic (exact) mass is 358 g/mol. The highest BCUT2D eigenvalue weighted by Gasteiger charge is 2.21. The molecular formula is C21H42O4. The molecule has 150 valence electrons. The number of aliphatic carboxylic acids is 1. The lowest BCUT2D eigenvalue weighted by atomic mass is 9.82. The fourth-order valence-corrected chi connectivity index (χ4v) is 3.23. The summed E-state index contributed by atoms with van der Waals surface area (Å²) in [6.45, 7) is 10.7. The maximum Gasteiger partial charge on any atom is 0.303 e. The van der Waals surface area contributed by atoms with Crippen molar-refractivity contribution < 1.29 is 19.7 Å². The highest BCUT2D eigenvalue weighted by molar-refractivity contribution is 5.67. The Labute approximate surface area is 155 Å². The second-order valence-electron chi connectivity index (χ2n) is 8.96. The van der Waals surface area contributed by atoms with Gasteiger partial charge in [-0.1, -0.05) is 53.4 Å². The number of aliphatic hydroxyl groups excluding tert-OH is 1. The summed E-state index contributed by atoms with van der Waals surface area (Å²) < 4.78 is 5.71. The van der Waals surface area contributed by atoms with Crippen LogP contribution in [0.1, 0.15) is 98.3 Å². The van der Waals surface area contributed by atoms with Gasteiger partial charge in [0, 0.05) is 19.8 Å². The molecule has 0 radical (unpaired) electrons. The fraction of sp³-hybridized carbons (Fsp3) is 0.952. The largest absolute Gasteiger partial charge is 0.481 e. The summed E-state index contributed by atoms with van der Waals surface area (Å²) in [5.41, 5.74) is 0.278. The molecule has 0 aromatic rings. The molecule has 0 rings (SSSR count). The zero-order valence-electron chi connectivity index (χ0n) is 17.1. The lowest BCUT2D eigenvalue weighted by molar-refractivity contribution is -0.139. The maximum absolute atomic E-state index is 10.8. The molecule has 0 aromatic carbocycles. The van der Waals surface area contributed by atoms with Gasteiger partial charge in [0.25, 0.3) is 0 Å². The first-order valence-electron chi connectivity index (χ1n) is 10.1. The third-order valence-corrected chi connectivity index (χ3v) is 4.93. The Morgan fingerprint density at radius 3 is 1.72 bits per heavy atom. The maximum atomic E-state index is 10.8. The molecule has 0 aliphatic carbocycles. The number of carboxylic acids is 1. The van der Waals surface area contributed by atoms with Gasteiger partial charge in [0.1, 0.15) is 0 Å². The number of hydrogen-bond acceptors (Lipinski definition) is 3. The Morgan fingerprint density at radius 2 is 1.24 bits per heavy atom. The van der Waals surface area contributed by atoms with Crippen molar-refractivity contribution in [2.24, 2.45) is 10.8 Å². The van der Waals surface area contributed by atoms with Crippen molar-refractivity contribution >= 4 is 5.97 Å². The van der Waals surface area contributed by atoms with Crippen LogP contribution >= 0.6 is 0 Å². The van der Waals surface area contributed by atoms with Crippen LogP contribution in [0.5, 0.6) is 0 Å². The lowest BCUT2D eigenvalue weighted by Crippen LogP contribution is -2.16. The van der Waals surface area contributed by atoms with Crippen LogP contribution in [0.2, 0.25) is 0 Å². The predicted molar refractivity (Wildman–Crippen MR) is 104 cm³/mol. The van der Waals surface area contributed by atoms with Crippen LogP contribution in [0.3, 0.4) is 0 Å². The molecule has 0 saturated heterocycles. The minimum absolute atomic E-state index is 0.116. The molecule has 0 fully saturated rings. The highest BCUT2D eigenvalue weighted by Crippen LogP contribution is 2.30. The van der Waals surface area contributed by atoms with Gasteiger partial charge in [-0.25, -0.2) is 0 Å². The van der Waals surface area contributed by atoms with Crippen molar-refractivity contribution in [3.05, 3.63) is 0 Å². The minimum Gasteiger partial charge on any atom is -0.481 e. The zero-order valence-corrected chi connectivity index (χ0v) is 17.1. The van der Waals surface area contributed by atoms with Gasteiger partial charge in [-0.15, -0.1) is 0 Å². The first-order chi connectivity index (χ1) is 11.7. The van der Waals surface area contributed by atoms with Gasteiger partial charge < -0.3 is 14.9 Å². The molecule has 0 heterocycles.